The van der Waals surface area contributed by atoms with Gasteiger partial charge in [-0.15, -0.1) is 0 Å². The van der Waals surface area contributed by atoms with Crippen molar-refractivity contribution in [1.29, 1.82) is 0 Å². The maximum absolute atomic E-state index is 11.4. The molecule has 102 valence electrons. The summed E-state index contributed by atoms with van der Waals surface area (Å²) in [5.74, 6) is -0.111. The van der Waals surface area contributed by atoms with Gasteiger partial charge in [-0.1, -0.05) is 24.9 Å². The van der Waals surface area contributed by atoms with E-state index in [2.05, 4.69) is 22.3 Å². The van der Waals surface area contributed by atoms with Crippen molar-refractivity contribution in [2.75, 3.05) is 13.1 Å². The van der Waals surface area contributed by atoms with Crippen LogP contribution in [0, 0.1) is 5.92 Å². The molecular weight excluding hydrogens is 232 g/mol. The van der Waals surface area contributed by atoms with Gasteiger partial charge in [0.15, 0.2) is 0 Å². The second-order valence-corrected chi connectivity index (χ2v) is 5.00. The Labute approximate surface area is 107 Å². The zero-order chi connectivity index (χ0) is 13.4. The van der Waals surface area contributed by atoms with Crippen LogP contribution in [0.2, 0.25) is 0 Å². The van der Waals surface area contributed by atoms with Gasteiger partial charge in [-0.3, -0.25) is 4.79 Å². The SMILES string of the molecule is CCCC1CCC(NCCN=[N+]=[N-])(C(=O)O)CC1. The molecule has 2 N–H and O–H groups in total. The van der Waals surface area contributed by atoms with Crippen LogP contribution in [-0.4, -0.2) is 29.7 Å². The minimum absolute atomic E-state index is 0.296. The molecule has 0 saturated heterocycles. The van der Waals surface area contributed by atoms with Gasteiger partial charge >= 0.3 is 5.97 Å². The fourth-order valence-corrected chi connectivity index (χ4v) is 2.72. The summed E-state index contributed by atoms with van der Waals surface area (Å²) in [6.45, 7) is 2.88. The number of azide groups is 1. The van der Waals surface area contributed by atoms with Crippen LogP contribution >= 0.6 is 0 Å². The number of rotatable bonds is 7. The predicted molar refractivity (Wildman–Crippen MR) is 69.2 cm³/mol. The Morgan fingerprint density at radius 1 is 1.56 bits per heavy atom. The summed E-state index contributed by atoms with van der Waals surface area (Å²) in [5, 5.41) is 15.9. The number of nitrogens with zero attached hydrogens (tertiary/aromatic N) is 3. The average Bonchev–Trinajstić information content (AvgIpc) is 2.37. The van der Waals surface area contributed by atoms with Crippen molar-refractivity contribution in [3.8, 4) is 0 Å². The largest absolute Gasteiger partial charge is 0.480 e. The number of hydrogen-bond acceptors (Lipinski definition) is 3. The van der Waals surface area contributed by atoms with E-state index in [-0.39, 0.29) is 0 Å². The minimum Gasteiger partial charge on any atom is -0.480 e. The van der Waals surface area contributed by atoms with Crippen molar-refractivity contribution in [2.45, 2.75) is 51.0 Å². The van der Waals surface area contributed by atoms with Gasteiger partial charge in [0.05, 0.1) is 0 Å². The second kappa shape index (κ2) is 7.24. The second-order valence-electron chi connectivity index (χ2n) is 5.00. The van der Waals surface area contributed by atoms with Gasteiger partial charge in [0.1, 0.15) is 5.54 Å². The first kappa shape index (κ1) is 14.8. The van der Waals surface area contributed by atoms with Crippen molar-refractivity contribution >= 4 is 5.97 Å². The molecule has 1 aliphatic carbocycles. The van der Waals surface area contributed by atoms with Crippen LogP contribution in [0.3, 0.4) is 0 Å². The number of hydrogen-bond donors (Lipinski definition) is 2. The highest BCUT2D eigenvalue weighted by Crippen LogP contribution is 2.34. The molecule has 1 aliphatic rings. The third-order valence-electron chi connectivity index (χ3n) is 3.80. The van der Waals surface area contributed by atoms with E-state index in [1.807, 2.05) is 0 Å². The average molecular weight is 254 g/mol. The van der Waals surface area contributed by atoms with Crippen LogP contribution in [0.1, 0.15) is 45.4 Å². The summed E-state index contributed by atoms with van der Waals surface area (Å²) in [5.41, 5.74) is 7.37. The lowest BCUT2D eigenvalue weighted by Crippen LogP contribution is -2.54. The summed E-state index contributed by atoms with van der Waals surface area (Å²) >= 11 is 0. The highest BCUT2D eigenvalue weighted by Gasteiger charge is 2.41. The topological polar surface area (TPSA) is 98.1 Å². The maximum Gasteiger partial charge on any atom is 0.323 e. The highest BCUT2D eigenvalue weighted by atomic mass is 16.4. The molecule has 1 saturated carbocycles. The van der Waals surface area contributed by atoms with Crippen LogP contribution in [-0.2, 0) is 4.79 Å². The molecule has 1 fully saturated rings. The number of aliphatic carboxylic acids is 1. The molecule has 0 heterocycles. The lowest BCUT2D eigenvalue weighted by molar-refractivity contribution is -0.146. The van der Waals surface area contributed by atoms with Crippen molar-refractivity contribution < 1.29 is 9.90 Å². The molecule has 0 radical (unpaired) electrons. The Bertz CT molecular complexity index is 318. The molecule has 18 heavy (non-hydrogen) atoms. The summed E-state index contributed by atoms with van der Waals surface area (Å²) in [7, 11) is 0. The quantitative estimate of drug-likeness (QED) is 0.316. The Hall–Kier alpha value is -1.26. The van der Waals surface area contributed by atoms with Gasteiger partial charge in [-0.05, 0) is 37.1 Å². The Balaban J connectivity index is 2.50. The third kappa shape index (κ3) is 3.89. The molecule has 0 bridgehead atoms. The van der Waals surface area contributed by atoms with Crippen molar-refractivity contribution in [3.05, 3.63) is 10.4 Å². The van der Waals surface area contributed by atoms with E-state index < -0.39 is 11.5 Å². The molecule has 0 atom stereocenters. The number of nitrogens with one attached hydrogen (secondary N) is 1. The molecule has 0 amide bonds. The smallest absolute Gasteiger partial charge is 0.323 e. The molecule has 0 aromatic rings. The van der Waals surface area contributed by atoms with E-state index in [4.69, 9.17) is 5.53 Å². The van der Waals surface area contributed by atoms with Crippen molar-refractivity contribution in [2.24, 2.45) is 11.0 Å². The monoisotopic (exact) mass is 254 g/mol. The van der Waals surface area contributed by atoms with Gasteiger partial charge in [0.25, 0.3) is 0 Å². The third-order valence-corrected chi connectivity index (χ3v) is 3.80. The zero-order valence-electron chi connectivity index (χ0n) is 10.9. The fourth-order valence-electron chi connectivity index (χ4n) is 2.72. The molecule has 0 unspecified atom stereocenters. The van der Waals surface area contributed by atoms with Gasteiger partial charge in [0.2, 0.25) is 0 Å². The standard InChI is InChI=1S/C12H22N4O2/c1-2-3-10-4-6-12(7-5-10,11(17)18)14-8-9-15-16-13/h10,14H,2-9H2,1H3,(H,17,18). The van der Waals surface area contributed by atoms with E-state index in [9.17, 15) is 9.90 Å². The first-order valence-electron chi connectivity index (χ1n) is 6.64. The highest BCUT2D eigenvalue weighted by molar-refractivity contribution is 5.78. The van der Waals surface area contributed by atoms with Gasteiger partial charge in [0, 0.05) is 18.0 Å². The van der Waals surface area contributed by atoms with Gasteiger partial charge in [-0.25, -0.2) is 0 Å². The first-order chi connectivity index (χ1) is 8.64. The molecule has 6 nitrogen and oxygen atoms in total. The summed E-state index contributed by atoms with van der Waals surface area (Å²) in [6.07, 6.45) is 5.62. The zero-order valence-corrected chi connectivity index (χ0v) is 10.9. The lowest BCUT2D eigenvalue weighted by atomic mass is 9.75. The molecule has 6 heteroatoms. The molecule has 1 rings (SSSR count). The fraction of sp³-hybridized carbons (Fsp3) is 0.917. The van der Waals surface area contributed by atoms with Crippen LogP contribution in [0.5, 0.6) is 0 Å². The summed E-state index contributed by atoms with van der Waals surface area (Å²) < 4.78 is 0. The normalized spacial score (nSPS) is 27.5. The predicted octanol–water partition coefficient (Wildman–Crippen LogP) is 2.70. The molecule has 0 aromatic heterocycles. The van der Waals surface area contributed by atoms with Crippen LogP contribution < -0.4 is 5.32 Å². The minimum atomic E-state index is -0.810. The summed E-state index contributed by atoms with van der Waals surface area (Å²) in [6, 6.07) is 0. The Morgan fingerprint density at radius 2 is 2.22 bits per heavy atom. The molecule has 0 aromatic carbocycles. The van der Waals surface area contributed by atoms with Crippen LogP contribution in [0.25, 0.3) is 10.4 Å². The van der Waals surface area contributed by atoms with E-state index in [1.165, 1.54) is 6.42 Å². The van der Waals surface area contributed by atoms with E-state index >= 15 is 0 Å². The van der Waals surface area contributed by atoms with Gasteiger partial charge in [-0.2, -0.15) is 0 Å². The van der Waals surface area contributed by atoms with E-state index in [0.29, 0.717) is 31.8 Å². The number of carbonyl (C=O) groups is 1. The number of carboxylic acids is 1. The number of carboxylic acid groups (broad SMARTS) is 1. The van der Waals surface area contributed by atoms with Crippen molar-refractivity contribution in [3.63, 3.8) is 0 Å². The lowest BCUT2D eigenvalue weighted by Gasteiger charge is -2.37. The summed E-state index contributed by atoms with van der Waals surface area (Å²) in [4.78, 5) is 14.1. The van der Waals surface area contributed by atoms with E-state index in [1.54, 1.807) is 0 Å². The maximum atomic E-state index is 11.4. The van der Waals surface area contributed by atoms with Crippen LogP contribution in [0.4, 0.5) is 0 Å². The Morgan fingerprint density at radius 3 is 2.72 bits per heavy atom. The van der Waals surface area contributed by atoms with Gasteiger partial charge < -0.3 is 10.4 Å². The van der Waals surface area contributed by atoms with E-state index in [0.717, 1.165) is 19.3 Å². The van der Waals surface area contributed by atoms with Crippen LogP contribution in [0.15, 0.2) is 5.11 Å². The van der Waals surface area contributed by atoms with Crippen molar-refractivity contribution in [1.82, 2.24) is 5.32 Å². The molecule has 0 aliphatic heterocycles. The Kier molecular flexibility index (Phi) is 5.95. The first-order valence-corrected chi connectivity index (χ1v) is 6.64. The molecule has 0 spiro atoms. The molecular formula is C12H22N4O2.